The molecule has 13 heavy (non-hydrogen) atoms. The van der Waals surface area contributed by atoms with Gasteiger partial charge >= 0.3 is 0 Å². The molecule has 76 valence electrons. The maximum absolute atomic E-state index is 11.1. The predicted octanol–water partition coefficient (Wildman–Crippen LogP) is 1.04. The van der Waals surface area contributed by atoms with Gasteiger partial charge in [0.25, 0.3) is 0 Å². The summed E-state index contributed by atoms with van der Waals surface area (Å²) in [5.74, 6) is 0.195. The maximum Gasteiger partial charge on any atom is 0.219 e. The number of carbonyl (C=O) groups excluding carboxylic acids is 1. The van der Waals surface area contributed by atoms with Gasteiger partial charge in [0.05, 0.1) is 0 Å². The van der Waals surface area contributed by atoms with Crippen LogP contribution in [0.3, 0.4) is 0 Å². The second-order valence-corrected chi connectivity index (χ2v) is 3.68. The molecular formula is C10H20N2O. The lowest BCUT2D eigenvalue weighted by Crippen LogP contribution is -2.30. The zero-order valence-corrected chi connectivity index (χ0v) is 8.44. The second-order valence-electron chi connectivity index (χ2n) is 3.68. The van der Waals surface area contributed by atoms with E-state index in [2.05, 4.69) is 10.6 Å². The van der Waals surface area contributed by atoms with E-state index in [0.717, 1.165) is 25.9 Å². The van der Waals surface area contributed by atoms with Gasteiger partial charge in [-0.1, -0.05) is 6.92 Å². The SMILES string of the molecule is CCCC(=O)NCCC1CCCN1. The van der Waals surface area contributed by atoms with Gasteiger partial charge in [0.15, 0.2) is 0 Å². The quantitative estimate of drug-likeness (QED) is 0.670. The molecular weight excluding hydrogens is 164 g/mol. The van der Waals surface area contributed by atoms with E-state index < -0.39 is 0 Å². The summed E-state index contributed by atoms with van der Waals surface area (Å²) < 4.78 is 0. The zero-order valence-electron chi connectivity index (χ0n) is 8.44. The Hall–Kier alpha value is -0.570. The van der Waals surface area contributed by atoms with Crippen LogP contribution in [-0.2, 0) is 4.79 Å². The van der Waals surface area contributed by atoms with Crippen LogP contribution in [0.15, 0.2) is 0 Å². The third kappa shape index (κ3) is 4.27. The Morgan fingerprint density at radius 1 is 1.62 bits per heavy atom. The van der Waals surface area contributed by atoms with Gasteiger partial charge in [-0.05, 0) is 32.2 Å². The molecule has 0 radical (unpaired) electrons. The molecule has 3 heteroatoms. The lowest BCUT2D eigenvalue weighted by molar-refractivity contribution is -0.121. The third-order valence-corrected chi connectivity index (χ3v) is 2.45. The van der Waals surface area contributed by atoms with Crippen LogP contribution in [0.5, 0.6) is 0 Å². The van der Waals surface area contributed by atoms with Crippen molar-refractivity contribution in [1.82, 2.24) is 10.6 Å². The molecule has 1 rings (SSSR count). The summed E-state index contributed by atoms with van der Waals surface area (Å²) in [4.78, 5) is 11.1. The molecule has 2 N–H and O–H groups in total. The molecule has 1 amide bonds. The molecule has 0 aromatic carbocycles. The van der Waals surface area contributed by atoms with Gasteiger partial charge in [-0.2, -0.15) is 0 Å². The van der Waals surface area contributed by atoms with Crippen LogP contribution in [0, 0.1) is 0 Å². The summed E-state index contributed by atoms with van der Waals surface area (Å²) in [6, 6.07) is 0.641. The van der Waals surface area contributed by atoms with Crippen LogP contribution in [0.4, 0.5) is 0 Å². The van der Waals surface area contributed by atoms with Crippen molar-refractivity contribution < 1.29 is 4.79 Å². The Balaban J connectivity index is 1.96. The summed E-state index contributed by atoms with van der Waals surface area (Å²) in [5, 5.41) is 6.34. The first kappa shape index (κ1) is 10.5. The largest absolute Gasteiger partial charge is 0.356 e. The highest BCUT2D eigenvalue weighted by atomic mass is 16.1. The van der Waals surface area contributed by atoms with Crippen LogP contribution in [0.2, 0.25) is 0 Å². The lowest BCUT2D eigenvalue weighted by atomic mass is 10.1. The summed E-state index contributed by atoms with van der Waals surface area (Å²) in [7, 11) is 0. The van der Waals surface area contributed by atoms with E-state index in [0.29, 0.717) is 12.5 Å². The van der Waals surface area contributed by atoms with Crippen molar-refractivity contribution >= 4 is 5.91 Å². The zero-order chi connectivity index (χ0) is 9.52. The monoisotopic (exact) mass is 184 g/mol. The van der Waals surface area contributed by atoms with Crippen LogP contribution >= 0.6 is 0 Å². The van der Waals surface area contributed by atoms with Crippen molar-refractivity contribution in [2.24, 2.45) is 0 Å². The summed E-state index contributed by atoms with van der Waals surface area (Å²) in [6.45, 7) is 4.00. The van der Waals surface area contributed by atoms with Crippen LogP contribution in [-0.4, -0.2) is 25.0 Å². The first-order valence-electron chi connectivity index (χ1n) is 5.33. The van der Waals surface area contributed by atoms with Gasteiger partial charge in [-0.15, -0.1) is 0 Å². The molecule has 1 heterocycles. The van der Waals surface area contributed by atoms with Gasteiger partial charge in [-0.25, -0.2) is 0 Å². The molecule has 0 spiro atoms. The van der Waals surface area contributed by atoms with Crippen LogP contribution < -0.4 is 10.6 Å². The Kier molecular flexibility index (Phi) is 4.83. The second kappa shape index (κ2) is 5.97. The van der Waals surface area contributed by atoms with Gasteiger partial charge in [0, 0.05) is 19.0 Å². The number of rotatable bonds is 5. The Bertz CT molecular complexity index is 153. The number of carbonyl (C=O) groups is 1. The van der Waals surface area contributed by atoms with Crippen molar-refractivity contribution in [3.05, 3.63) is 0 Å². The Morgan fingerprint density at radius 3 is 3.08 bits per heavy atom. The molecule has 1 aliphatic rings. The average Bonchev–Trinajstić information content (AvgIpc) is 2.57. The Labute approximate surface area is 80.3 Å². The number of hydrogen-bond acceptors (Lipinski definition) is 2. The fourth-order valence-corrected chi connectivity index (χ4v) is 1.70. The van der Waals surface area contributed by atoms with Crippen LogP contribution in [0.1, 0.15) is 39.0 Å². The standard InChI is InChI=1S/C10H20N2O/c1-2-4-10(13)12-8-6-9-5-3-7-11-9/h9,11H,2-8H2,1H3,(H,12,13). The van der Waals surface area contributed by atoms with E-state index in [1.807, 2.05) is 6.92 Å². The maximum atomic E-state index is 11.1. The fraction of sp³-hybridized carbons (Fsp3) is 0.900. The van der Waals surface area contributed by atoms with Gasteiger partial charge in [0.2, 0.25) is 5.91 Å². The van der Waals surface area contributed by atoms with Crippen molar-refractivity contribution in [2.45, 2.75) is 45.1 Å². The molecule has 3 nitrogen and oxygen atoms in total. The molecule has 0 saturated carbocycles. The summed E-state index contributed by atoms with van der Waals surface area (Å²) >= 11 is 0. The van der Waals surface area contributed by atoms with E-state index in [9.17, 15) is 4.79 Å². The first-order valence-corrected chi connectivity index (χ1v) is 5.33. The molecule has 1 atom stereocenters. The number of hydrogen-bond donors (Lipinski definition) is 2. The van der Waals surface area contributed by atoms with Crippen LogP contribution in [0.25, 0.3) is 0 Å². The van der Waals surface area contributed by atoms with Crippen molar-refractivity contribution in [3.63, 3.8) is 0 Å². The molecule has 0 aliphatic carbocycles. The Morgan fingerprint density at radius 2 is 2.46 bits per heavy atom. The third-order valence-electron chi connectivity index (χ3n) is 2.45. The molecule has 0 bridgehead atoms. The summed E-state index contributed by atoms with van der Waals surface area (Å²) in [6.07, 6.45) is 5.23. The van der Waals surface area contributed by atoms with E-state index in [1.165, 1.54) is 12.8 Å². The molecule has 0 aromatic rings. The number of amides is 1. The molecule has 0 aromatic heterocycles. The van der Waals surface area contributed by atoms with E-state index in [-0.39, 0.29) is 5.91 Å². The first-order chi connectivity index (χ1) is 6.33. The smallest absolute Gasteiger partial charge is 0.219 e. The highest BCUT2D eigenvalue weighted by molar-refractivity contribution is 5.75. The average molecular weight is 184 g/mol. The summed E-state index contributed by atoms with van der Waals surface area (Å²) in [5.41, 5.74) is 0. The highest BCUT2D eigenvalue weighted by Gasteiger charge is 2.13. The van der Waals surface area contributed by atoms with Crippen molar-refractivity contribution in [3.8, 4) is 0 Å². The minimum atomic E-state index is 0.195. The van der Waals surface area contributed by atoms with Gasteiger partial charge < -0.3 is 10.6 Å². The minimum absolute atomic E-state index is 0.195. The van der Waals surface area contributed by atoms with Crippen molar-refractivity contribution in [2.75, 3.05) is 13.1 Å². The fourth-order valence-electron chi connectivity index (χ4n) is 1.70. The van der Waals surface area contributed by atoms with E-state index in [4.69, 9.17) is 0 Å². The van der Waals surface area contributed by atoms with Gasteiger partial charge in [0.1, 0.15) is 0 Å². The normalized spacial score (nSPS) is 21.8. The van der Waals surface area contributed by atoms with Crippen molar-refractivity contribution in [1.29, 1.82) is 0 Å². The van der Waals surface area contributed by atoms with E-state index >= 15 is 0 Å². The highest BCUT2D eigenvalue weighted by Crippen LogP contribution is 2.07. The molecule has 1 fully saturated rings. The lowest BCUT2D eigenvalue weighted by Gasteiger charge is -2.10. The molecule has 1 unspecified atom stereocenters. The minimum Gasteiger partial charge on any atom is -0.356 e. The molecule has 1 saturated heterocycles. The van der Waals surface area contributed by atoms with E-state index in [1.54, 1.807) is 0 Å². The molecule has 1 aliphatic heterocycles. The predicted molar refractivity (Wildman–Crippen MR) is 53.6 cm³/mol. The van der Waals surface area contributed by atoms with Gasteiger partial charge in [-0.3, -0.25) is 4.79 Å². The number of nitrogens with one attached hydrogen (secondary N) is 2. The topological polar surface area (TPSA) is 41.1 Å².